The fraction of sp³-hybridized carbons (Fsp3) is 0.680. The van der Waals surface area contributed by atoms with Crippen molar-refractivity contribution in [3.63, 3.8) is 0 Å². The van der Waals surface area contributed by atoms with Crippen molar-refractivity contribution < 1.29 is 50.9 Å². The van der Waals surface area contributed by atoms with Gasteiger partial charge in [0, 0.05) is 51.2 Å². The summed E-state index contributed by atoms with van der Waals surface area (Å²) in [7, 11) is 1.87. The molecule has 3 aliphatic rings. The van der Waals surface area contributed by atoms with E-state index in [1.807, 2.05) is 7.11 Å². The highest BCUT2D eigenvalue weighted by atomic mass is 19.4. The van der Waals surface area contributed by atoms with Crippen molar-refractivity contribution in [3.8, 4) is 0 Å². The van der Waals surface area contributed by atoms with Gasteiger partial charge in [0.05, 0.1) is 6.61 Å². The lowest BCUT2D eigenvalue weighted by Crippen LogP contribution is -2.36. The van der Waals surface area contributed by atoms with E-state index in [9.17, 15) is 26.3 Å². The third-order valence-corrected chi connectivity index (χ3v) is 6.97. The number of methoxy groups -OCH3 is 1. The number of benzene rings is 1. The van der Waals surface area contributed by atoms with Crippen molar-refractivity contribution >= 4 is 11.9 Å². The Kier molecular flexibility index (Phi) is 11.4. The molecular formula is C25H34F6N2O5. The van der Waals surface area contributed by atoms with E-state index in [0.29, 0.717) is 5.41 Å². The number of likely N-dealkylation sites (tertiary alicyclic amines) is 2. The molecule has 1 saturated carbocycles. The molecule has 2 N–H and O–H groups in total. The zero-order valence-electron chi connectivity index (χ0n) is 21.1. The van der Waals surface area contributed by atoms with Gasteiger partial charge in [-0.25, -0.2) is 9.59 Å². The monoisotopic (exact) mass is 556 g/mol. The molecule has 1 spiro atoms. The van der Waals surface area contributed by atoms with Gasteiger partial charge in [-0.3, -0.25) is 0 Å². The summed E-state index contributed by atoms with van der Waals surface area (Å²) in [6, 6.07) is 10.9. The van der Waals surface area contributed by atoms with Gasteiger partial charge in [-0.05, 0) is 43.7 Å². The van der Waals surface area contributed by atoms with Gasteiger partial charge in [-0.1, -0.05) is 30.3 Å². The number of hydrogen-bond acceptors (Lipinski definition) is 5. The smallest absolute Gasteiger partial charge is 0.475 e. The molecular weight excluding hydrogens is 522 g/mol. The number of ether oxygens (including phenoxy) is 1. The van der Waals surface area contributed by atoms with E-state index in [0.717, 1.165) is 18.4 Å². The highest BCUT2D eigenvalue weighted by Gasteiger charge is 2.50. The Bertz CT molecular complexity index is 870. The van der Waals surface area contributed by atoms with Gasteiger partial charge in [-0.15, -0.1) is 0 Å². The Morgan fingerprint density at radius 3 is 1.97 bits per heavy atom. The predicted octanol–water partition coefficient (Wildman–Crippen LogP) is 4.18. The Balaban J connectivity index is 0.000000301. The highest BCUT2D eigenvalue weighted by molar-refractivity contribution is 5.73. The first kappa shape index (κ1) is 31.8. The summed E-state index contributed by atoms with van der Waals surface area (Å²) >= 11 is 0. The standard InChI is InChI=1S/C21H32N2O.2C2HF3O2/c1-24-15-20-14-23(13-19-7-8-19)17-21(20)10-12-22(16-21)11-9-18-5-3-2-4-6-18;2*3-2(4,5)1(6)7/h2-6,19-20H,7-17H2,1H3;2*(H,6,7)/t20-,21+;;/m1../s1. The second-order valence-electron chi connectivity index (χ2n) is 10.0. The molecule has 1 aromatic rings. The average molecular weight is 557 g/mol. The van der Waals surface area contributed by atoms with E-state index in [1.165, 1.54) is 70.5 Å². The van der Waals surface area contributed by atoms with Gasteiger partial charge in [-0.2, -0.15) is 26.3 Å². The summed E-state index contributed by atoms with van der Waals surface area (Å²) in [6.07, 6.45) is -4.71. The van der Waals surface area contributed by atoms with E-state index < -0.39 is 24.3 Å². The molecule has 1 aliphatic carbocycles. The number of halogens is 6. The van der Waals surface area contributed by atoms with E-state index in [-0.39, 0.29) is 0 Å². The molecule has 0 bridgehead atoms. The molecule has 13 heteroatoms. The number of rotatable bonds is 7. The molecule has 2 aliphatic heterocycles. The Labute approximate surface area is 217 Å². The molecule has 0 aromatic heterocycles. The lowest BCUT2D eigenvalue weighted by molar-refractivity contribution is -0.193. The highest BCUT2D eigenvalue weighted by Crippen LogP contribution is 2.45. The molecule has 2 heterocycles. The molecule has 4 rings (SSSR count). The largest absolute Gasteiger partial charge is 0.490 e. The molecule has 0 unspecified atom stereocenters. The van der Waals surface area contributed by atoms with Crippen molar-refractivity contribution in [2.75, 3.05) is 53.0 Å². The number of carbonyl (C=O) groups is 2. The fourth-order valence-electron chi connectivity index (χ4n) is 4.95. The first-order chi connectivity index (χ1) is 17.7. The Morgan fingerprint density at radius 2 is 1.50 bits per heavy atom. The molecule has 2 atom stereocenters. The van der Waals surface area contributed by atoms with Crippen LogP contribution < -0.4 is 0 Å². The topological polar surface area (TPSA) is 90.3 Å². The fourth-order valence-corrected chi connectivity index (χ4v) is 4.95. The molecule has 216 valence electrons. The van der Waals surface area contributed by atoms with E-state index in [1.54, 1.807) is 0 Å². The van der Waals surface area contributed by atoms with Crippen molar-refractivity contribution in [2.24, 2.45) is 17.3 Å². The molecule has 38 heavy (non-hydrogen) atoms. The van der Waals surface area contributed by atoms with Crippen LogP contribution in [0, 0.1) is 17.3 Å². The van der Waals surface area contributed by atoms with Crippen LogP contribution in [0.5, 0.6) is 0 Å². The number of carboxylic acid groups (broad SMARTS) is 2. The SMILES string of the molecule is COC[C@H]1CN(CC2CC2)C[C@@]12CCN(CCc1ccccc1)C2.O=C(O)C(F)(F)F.O=C(O)C(F)(F)F. The molecule has 0 amide bonds. The van der Waals surface area contributed by atoms with Gasteiger partial charge < -0.3 is 24.7 Å². The number of nitrogens with zero attached hydrogens (tertiary/aromatic N) is 2. The summed E-state index contributed by atoms with van der Waals surface area (Å²) in [5.41, 5.74) is 1.95. The van der Waals surface area contributed by atoms with E-state index in [2.05, 4.69) is 40.1 Å². The van der Waals surface area contributed by atoms with Gasteiger partial charge in [0.1, 0.15) is 0 Å². The maximum atomic E-state index is 10.6. The molecule has 7 nitrogen and oxygen atoms in total. The van der Waals surface area contributed by atoms with Crippen molar-refractivity contribution in [3.05, 3.63) is 35.9 Å². The predicted molar refractivity (Wildman–Crippen MR) is 126 cm³/mol. The second-order valence-corrected chi connectivity index (χ2v) is 10.0. The summed E-state index contributed by atoms with van der Waals surface area (Å²) in [6.45, 7) is 8.59. The summed E-state index contributed by atoms with van der Waals surface area (Å²) in [4.78, 5) is 23.2. The molecule has 2 saturated heterocycles. The minimum atomic E-state index is -5.08. The maximum absolute atomic E-state index is 10.6. The van der Waals surface area contributed by atoms with Gasteiger partial charge >= 0.3 is 24.3 Å². The lowest BCUT2D eigenvalue weighted by atomic mass is 9.77. The van der Waals surface area contributed by atoms with Gasteiger partial charge in [0.15, 0.2) is 0 Å². The van der Waals surface area contributed by atoms with E-state index >= 15 is 0 Å². The Hall–Kier alpha value is -2.38. The first-order valence-corrected chi connectivity index (χ1v) is 12.2. The number of alkyl halides is 6. The van der Waals surface area contributed by atoms with Crippen LogP contribution in [0.3, 0.4) is 0 Å². The van der Waals surface area contributed by atoms with Crippen LogP contribution in [0.1, 0.15) is 24.8 Å². The quantitative estimate of drug-likeness (QED) is 0.487. The minimum absolute atomic E-state index is 0.488. The molecule has 1 aromatic carbocycles. The third kappa shape index (κ3) is 10.4. The van der Waals surface area contributed by atoms with Crippen LogP contribution >= 0.6 is 0 Å². The maximum Gasteiger partial charge on any atom is 0.490 e. The van der Waals surface area contributed by atoms with Crippen LogP contribution in [0.2, 0.25) is 0 Å². The summed E-state index contributed by atoms with van der Waals surface area (Å²) < 4.78 is 69.1. The first-order valence-electron chi connectivity index (χ1n) is 12.2. The number of carboxylic acids is 2. The molecule has 3 fully saturated rings. The minimum Gasteiger partial charge on any atom is -0.475 e. The second kappa shape index (κ2) is 13.6. The summed E-state index contributed by atoms with van der Waals surface area (Å²) in [5.74, 6) is -3.79. The van der Waals surface area contributed by atoms with E-state index in [4.69, 9.17) is 24.5 Å². The van der Waals surface area contributed by atoms with Crippen LogP contribution in [-0.2, 0) is 20.7 Å². The van der Waals surface area contributed by atoms with Crippen LogP contribution in [0.25, 0.3) is 0 Å². The number of aliphatic carboxylic acids is 2. The third-order valence-electron chi connectivity index (χ3n) is 6.97. The van der Waals surface area contributed by atoms with Crippen LogP contribution in [-0.4, -0.2) is 97.3 Å². The molecule has 0 radical (unpaired) electrons. The summed E-state index contributed by atoms with van der Waals surface area (Å²) in [5, 5.41) is 14.2. The van der Waals surface area contributed by atoms with Crippen molar-refractivity contribution in [1.82, 2.24) is 9.80 Å². The normalized spacial score (nSPS) is 23.9. The van der Waals surface area contributed by atoms with Gasteiger partial charge in [0.25, 0.3) is 0 Å². The lowest BCUT2D eigenvalue weighted by Gasteiger charge is -2.30. The Morgan fingerprint density at radius 1 is 0.974 bits per heavy atom. The van der Waals surface area contributed by atoms with Crippen LogP contribution in [0.15, 0.2) is 30.3 Å². The zero-order valence-corrected chi connectivity index (χ0v) is 21.1. The van der Waals surface area contributed by atoms with Crippen LogP contribution in [0.4, 0.5) is 26.3 Å². The number of hydrogen-bond donors (Lipinski definition) is 2. The van der Waals surface area contributed by atoms with Crippen molar-refractivity contribution in [1.29, 1.82) is 0 Å². The van der Waals surface area contributed by atoms with Gasteiger partial charge in [0.2, 0.25) is 0 Å². The average Bonchev–Trinajstić information content (AvgIpc) is 3.45. The van der Waals surface area contributed by atoms with Crippen molar-refractivity contribution in [2.45, 2.75) is 38.0 Å². The zero-order chi connectivity index (χ0) is 28.6.